The molecule has 1 unspecified atom stereocenters. The van der Waals surface area contributed by atoms with Gasteiger partial charge < -0.3 is 15.1 Å². The quantitative estimate of drug-likeness (QED) is 0.917. The second-order valence-corrected chi connectivity index (χ2v) is 7.57. The van der Waals surface area contributed by atoms with Crippen LogP contribution in [0, 0.1) is 0 Å². The van der Waals surface area contributed by atoms with Gasteiger partial charge in [0.15, 0.2) is 0 Å². The summed E-state index contributed by atoms with van der Waals surface area (Å²) in [6, 6.07) is 10.3. The van der Waals surface area contributed by atoms with E-state index in [1.807, 2.05) is 36.9 Å². The molecule has 1 atom stereocenters. The molecule has 3 rings (SSSR count). The number of nitrogens with zero attached hydrogens (tertiary/aromatic N) is 2. The molecular formula is C20H29N3O2. The van der Waals surface area contributed by atoms with Crippen molar-refractivity contribution >= 4 is 11.9 Å². The molecule has 5 heteroatoms. The third-order valence-corrected chi connectivity index (χ3v) is 5.63. The van der Waals surface area contributed by atoms with Gasteiger partial charge in [-0.15, -0.1) is 0 Å². The highest BCUT2D eigenvalue weighted by Gasteiger charge is 2.51. The molecule has 1 aromatic rings. The Bertz CT molecular complexity index is 621. The third-order valence-electron chi connectivity index (χ3n) is 5.63. The van der Waals surface area contributed by atoms with Crippen LogP contribution in [0.1, 0.15) is 51.5 Å². The number of hydrogen-bond donors (Lipinski definition) is 1. The van der Waals surface area contributed by atoms with Gasteiger partial charge >= 0.3 is 6.03 Å². The molecule has 0 radical (unpaired) electrons. The van der Waals surface area contributed by atoms with Crippen LogP contribution in [0.4, 0.5) is 4.79 Å². The summed E-state index contributed by atoms with van der Waals surface area (Å²) in [7, 11) is 0. The Labute approximate surface area is 150 Å². The lowest BCUT2D eigenvalue weighted by molar-refractivity contribution is -0.133. The largest absolute Gasteiger partial charge is 0.337 e. The molecule has 1 spiro atoms. The fourth-order valence-electron chi connectivity index (χ4n) is 4.37. The lowest BCUT2D eigenvalue weighted by Gasteiger charge is -2.44. The molecule has 136 valence electrons. The van der Waals surface area contributed by atoms with Crippen molar-refractivity contribution in [1.29, 1.82) is 0 Å². The summed E-state index contributed by atoms with van der Waals surface area (Å²) in [6.07, 6.45) is 2.59. The van der Waals surface area contributed by atoms with Gasteiger partial charge in [0.1, 0.15) is 0 Å². The molecule has 1 N–H and O–H groups in total. The van der Waals surface area contributed by atoms with E-state index in [0.29, 0.717) is 13.1 Å². The van der Waals surface area contributed by atoms with E-state index in [9.17, 15) is 9.59 Å². The molecule has 0 aromatic heterocycles. The second kappa shape index (κ2) is 7.06. The van der Waals surface area contributed by atoms with E-state index in [-0.39, 0.29) is 29.4 Å². The summed E-state index contributed by atoms with van der Waals surface area (Å²) in [6.45, 7) is 8.17. The summed E-state index contributed by atoms with van der Waals surface area (Å²) in [5.74, 6) is 0.200. The molecule has 0 bridgehead atoms. The number of carbonyl (C=O) groups excluding carboxylic acids is 2. The van der Waals surface area contributed by atoms with E-state index >= 15 is 0 Å². The van der Waals surface area contributed by atoms with Gasteiger partial charge in [-0.25, -0.2) is 4.79 Å². The SMILES string of the molecule is CCN1C(=O)C(c2ccccc2)CC12CCN(C(=O)NC(C)C)CC2. The molecule has 0 saturated carbocycles. The number of benzene rings is 1. The minimum Gasteiger partial charge on any atom is -0.337 e. The van der Waals surface area contributed by atoms with Crippen LogP contribution in [0.25, 0.3) is 0 Å². The van der Waals surface area contributed by atoms with Crippen molar-refractivity contribution in [1.82, 2.24) is 15.1 Å². The molecule has 25 heavy (non-hydrogen) atoms. The Morgan fingerprint density at radius 2 is 1.88 bits per heavy atom. The molecule has 5 nitrogen and oxygen atoms in total. The zero-order valence-corrected chi connectivity index (χ0v) is 15.5. The molecule has 2 fully saturated rings. The first-order valence-electron chi connectivity index (χ1n) is 9.39. The number of nitrogens with one attached hydrogen (secondary N) is 1. The molecule has 3 amide bonds. The normalized spacial score (nSPS) is 22.7. The topological polar surface area (TPSA) is 52.7 Å². The highest BCUT2D eigenvalue weighted by molar-refractivity contribution is 5.87. The van der Waals surface area contributed by atoms with Gasteiger partial charge in [0.2, 0.25) is 5.91 Å². The number of carbonyl (C=O) groups is 2. The van der Waals surface area contributed by atoms with E-state index in [4.69, 9.17) is 0 Å². The maximum atomic E-state index is 13.0. The number of amides is 3. The van der Waals surface area contributed by atoms with Gasteiger partial charge in [0.25, 0.3) is 0 Å². The Morgan fingerprint density at radius 1 is 1.24 bits per heavy atom. The fourth-order valence-corrected chi connectivity index (χ4v) is 4.37. The van der Waals surface area contributed by atoms with Gasteiger partial charge in [-0.1, -0.05) is 30.3 Å². The Kier molecular flexibility index (Phi) is 5.02. The van der Waals surface area contributed by atoms with Crippen molar-refractivity contribution in [2.24, 2.45) is 0 Å². The number of likely N-dealkylation sites (N-methyl/N-ethyl adjacent to an activating group) is 1. The maximum Gasteiger partial charge on any atom is 0.317 e. The number of piperidine rings is 1. The highest BCUT2D eigenvalue weighted by Crippen LogP contribution is 2.45. The lowest BCUT2D eigenvalue weighted by Crippen LogP contribution is -2.56. The standard InChI is InChI=1S/C20H29N3O2/c1-4-23-18(24)17(16-8-6-5-7-9-16)14-20(23)10-12-22(13-11-20)19(25)21-15(2)3/h5-9,15,17H,4,10-14H2,1-3H3,(H,21,25). The van der Waals surface area contributed by atoms with E-state index in [1.54, 1.807) is 0 Å². The Balaban J connectivity index is 1.74. The average Bonchev–Trinajstić information content (AvgIpc) is 2.87. The van der Waals surface area contributed by atoms with Crippen molar-refractivity contribution < 1.29 is 9.59 Å². The first-order valence-corrected chi connectivity index (χ1v) is 9.39. The van der Waals surface area contributed by atoms with E-state index in [0.717, 1.165) is 31.4 Å². The summed E-state index contributed by atoms with van der Waals surface area (Å²) < 4.78 is 0. The maximum absolute atomic E-state index is 13.0. The third kappa shape index (κ3) is 3.37. The molecule has 1 aromatic carbocycles. The number of hydrogen-bond acceptors (Lipinski definition) is 2. The van der Waals surface area contributed by atoms with E-state index in [2.05, 4.69) is 29.3 Å². The van der Waals surface area contributed by atoms with Crippen molar-refractivity contribution in [3.05, 3.63) is 35.9 Å². The number of rotatable bonds is 3. The van der Waals surface area contributed by atoms with Crippen LogP contribution in [-0.4, -0.2) is 53.0 Å². The van der Waals surface area contributed by atoms with Crippen LogP contribution in [0.15, 0.2) is 30.3 Å². The van der Waals surface area contributed by atoms with Gasteiger partial charge in [-0.05, 0) is 45.6 Å². The molecular weight excluding hydrogens is 314 g/mol. The minimum absolute atomic E-state index is 0.0110. The van der Waals surface area contributed by atoms with Gasteiger partial charge in [0.05, 0.1) is 5.92 Å². The van der Waals surface area contributed by atoms with E-state index in [1.165, 1.54) is 0 Å². The first kappa shape index (κ1) is 17.8. The monoisotopic (exact) mass is 343 g/mol. The Morgan fingerprint density at radius 3 is 2.44 bits per heavy atom. The zero-order valence-electron chi connectivity index (χ0n) is 15.5. The average molecular weight is 343 g/mol. The smallest absolute Gasteiger partial charge is 0.317 e. The summed E-state index contributed by atoms with van der Waals surface area (Å²) in [5, 5.41) is 2.97. The van der Waals surface area contributed by atoms with Crippen LogP contribution in [0.2, 0.25) is 0 Å². The summed E-state index contributed by atoms with van der Waals surface area (Å²) >= 11 is 0. The van der Waals surface area contributed by atoms with Crippen molar-refractivity contribution in [3.63, 3.8) is 0 Å². The van der Waals surface area contributed by atoms with Crippen molar-refractivity contribution in [2.45, 2.75) is 57.5 Å². The fraction of sp³-hybridized carbons (Fsp3) is 0.600. The molecule has 2 saturated heterocycles. The Hall–Kier alpha value is -2.04. The van der Waals surface area contributed by atoms with Crippen molar-refractivity contribution in [3.8, 4) is 0 Å². The first-order chi connectivity index (χ1) is 12.0. The number of urea groups is 1. The van der Waals surface area contributed by atoms with Gasteiger partial charge in [0, 0.05) is 31.2 Å². The van der Waals surface area contributed by atoms with Crippen LogP contribution in [0.5, 0.6) is 0 Å². The van der Waals surface area contributed by atoms with Gasteiger partial charge in [-0.3, -0.25) is 4.79 Å². The van der Waals surface area contributed by atoms with Crippen LogP contribution < -0.4 is 5.32 Å². The van der Waals surface area contributed by atoms with Gasteiger partial charge in [-0.2, -0.15) is 0 Å². The molecule has 0 aliphatic carbocycles. The zero-order chi connectivity index (χ0) is 18.0. The van der Waals surface area contributed by atoms with E-state index < -0.39 is 0 Å². The predicted octanol–water partition coefficient (Wildman–Crippen LogP) is 2.98. The lowest BCUT2D eigenvalue weighted by atomic mass is 9.81. The molecule has 2 aliphatic rings. The van der Waals surface area contributed by atoms with Crippen LogP contribution >= 0.6 is 0 Å². The minimum atomic E-state index is -0.0963. The molecule has 2 heterocycles. The highest BCUT2D eigenvalue weighted by atomic mass is 16.2. The van der Waals surface area contributed by atoms with Crippen LogP contribution in [-0.2, 0) is 4.79 Å². The second-order valence-electron chi connectivity index (χ2n) is 7.57. The predicted molar refractivity (Wildman–Crippen MR) is 98.4 cm³/mol. The molecule has 2 aliphatic heterocycles. The summed E-state index contributed by atoms with van der Waals surface area (Å²) in [5.41, 5.74) is 1.02. The van der Waals surface area contributed by atoms with Crippen molar-refractivity contribution in [2.75, 3.05) is 19.6 Å². The van der Waals surface area contributed by atoms with Crippen LogP contribution in [0.3, 0.4) is 0 Å². The summed E-state index contributed by atoms with van der Waals surface area (Å²) in [4.78, 5) is 29.2. The number of likely N-dealkylation sites (tertiary alicyclic amines) is 2.